The molecule has 0 radical (unpaired) electrons. The standard InChI is InChI=1S/C31H37F3N6O2/c1-22(2)21-37-16-18-39(19-17-37)30(42)25-7-5-23(6-8-25)20-27-35-29-26(4-3-13-40(29)36-27)24-10-14-38(15-11-24)28(41)9-12-31(32,33)34/h3-8,10,13,22H,9,11-12,14-21H2,1-2H3. The number of carbonyl (C=O) groups is 2. The molecule has 0 aliphatic carbocycles. The van der Waals surface area contributed by atoms with Crippen LogP contribution in [0.25, 0.3) is 11.2 Å². The van der Waals surface area contributed by atoms with Gasteiger partial charge in [0.25, 0.3) is 5.91 Å². The first kappa shape index (κ1) is 29.8. The number of amides is 2. The van der Waals surface area contributed by atoms with Crippen LogP contribution < -0.4 is 0 Å². The molecule has 3 aromatic rings. The molecule has 1 fully saturated rings. The van der Waals surface area contributed by atoms with E-state index in [1.807, 2.05) is 53.6 Å². The highest BCUT2D eigenvalue weighted by molar-refractivity contribution is 5.94. The number of piperazine rings is 1. The predicted molar refractivity (Wildman–Crippen MR) is 154 cm³/mol. The van der Waals surface area contributed by atoms with Crippen molar-refractivity contribution in [3.8, 4) is 0 Å². The number of carbonyl (C=O) groups excluding carboxylic acids is 2. The largest absolute Gasteiger partial charge is 0.389 e. The maximum Gasteiger partial charge on any atom is 0.389 e. The molecule has 2 aromatic heterocycles. The van der Waals surface area contributed by atoms with E-state index < -0.39 is 24.9 Å². The lowest BCUT2D eigenvalue weighted by Crippen LogP contribution is -2.49. The molecule has 0 spiro atoms. The molecule has 11 heteroatoms. The van der Waals surface area contributed by atoms with E-state index in [1.54, 1.807) is 4.52 Å². The van der Waals surface area contributed by atoms with Crippen LogP contribution in [0.1, 0.15) is 60.4 Å². The second kappa shape index (κ2) is 12.6. The molecule has 0 unspecified atom stereocenters. The monoisotopic (exact) mass is 582 g/mol. The number of alkyl halides is 3. The molecule has 2 aliphatic rings. The summed E-state index contributed by atoms with van der Waals surface area (Å²) in [6, 6.07) is 11.5. The molecule has 224 valence electrons. The lowest BCUT2D eigenvalue weighted by molar-refractivity contribution is -0.148. The lowest BCUT2D eigenvalue weighted by Gasteiger charge is -2.35. The summed E-state index contributed by atoms with van der Waals surface area (Å²) in [5.41, 5.74) is 4.26. The third kappa shape index (κ3) is 7.36. The van der Waals surface area contributed by atoms with Crippen LogP contribution in [0.5, 0.6) is 0 Å². The SMILES string of the molecule is CC(C)CN1CCN(C(=O)c2ccc(Cc3nc4c(C5=CCN(C(=O)CCC(F)(F)F)CC5)cccn4n3)cc2)CC1. The number of fused-ring (bicyclic) bond motifs is 1. The smallest absolute Gasteiger partial charge is 0.339 e. The van der Waals surface area contributed by atoms with Crippen molar-refractivity contribution in [1.29, 1.82) is 0 Å². The Morgan fingerprint density at radius 2 is 1.71 bits per heavy atom. The van der Waals surface area contributed by atoms with Gasteiger partial charge >= 0.3 is 6.18 Å². The molecule has 0 saturated carbocycles. The third-order valence-corrected chi connectivity index (χ3v) is 7.78. The zero-order chi connectivity index (χ0) is 29.9. The molecule has 1 aromatic carbocycles. The molecule has 0 bridgehead atoms. The molecule has 42 heavy (non-hydrogen) atoms. The van der Waals surface area contributed by atoms with Crippen molar-refractivity contribution in [1.82, 2.24) is 29.3 Å². The maximum atomic E-state index is 13.0. The summed E-state index contributed by atoms with van der Waals surface area (Å²) in [7, 11) is 0. The summed E-state index contributed by atoms with van der Waals surface area (Å²) in [5.74, 6) is 0.830. The number of halogens is 3. The average molecular weight is 583 g/mol. The molecule has 2 amide bonds. The number of benzene rings is 1. The van der Waals surface area contributed by atoms with Gasteiger partial charge in [-0.25, -0.2) is 9.50 Å². The fourth-order valence-corrected chi connectivity index (χ4v) is 5.60. The fourth-order valence-electron chi connectivity index (χ4n) is 5.60. The van der Waals surface area contributed by atoms with E-state index >= 15 is 0 Å². The molecule has 4 heterocycles. The van der Waals surface area contributed by atoms with Crippen LogP contribution in [0.4, 0.5) is 13.2 Å². The number of hydrogen-bond donors (Lipinski definition) is 0. The number of aromatic nitrogens is 3. The number of pyridine rings is 1. The predicted octanol–water partition coefficient (Wildman–Crippen LogP) is 4.69. The average Bonchev–Trinajstić information content (AvgIpc) is 3.38. The molecule has 2 aliphatic heterocycles. The Kier molecular flexibility index (Phi) is 8.96. The quantitative estimate of drug-likeness (QED) is 0.385. The van der Waals surface area contributed by atoms with Gasteiger partial charge in [-0.15, -0.1) is 0 Å². The zero-order valence-electron chi connectivity index (χ0n) is 24.1. The van der Waals surface area contributed by atoms with Gasteiger partial charge in [0.1, 0.15) is 0 Å². The van der Waals surface area contributed by atoms with Gasteiger partial charge in [0.2, 0.25) is 5.91 Å². The van der Waals surface area contributed by atoms with E-state index in [2.05, 4.69) is 23.8 Å². The Labute approximate surface area is 243 Å². The Balaban J connectivity index is 1.21. The Bertz CT molecular complexity index is 1440. The summed E-state index contributed by atoms with van der Waals surface area (Å²) in [4.78, 5) is 35.8. The van der Waals surface area contributed by atoms with Crippen molar-refractivity contribution in [2.24, 2.45) is 5.92 Å². The topological polar surface area (TPSA) is 74.0 Å². The van der Waals surface area contributed by atoms with Gasteiger partial charge in [-0.2, -0.15) is 18.3 Å². The van der Waals surface area contributed by atoms with Crippen molar-refractivity contribution in [3.63, 3.8) is 0 Å². The van der Waals surface area contributed by atoms with E-state index in [-0.39, 0.29) is 12.5 Å². The number of hydrogen-bond acceptors (Lipinski definition) is 5. The lowest BCUT2D eigenvalue weighted by atomic mass is 10.00. The first-order valence-corrected chi connectivity index (χ1v) is 14.5. The molecular weight excluding hydrogens is 545 g/mol. The molecule has 0 N–H and O–H groups in total. The van der Waals surface area contributed by atoms with Gasteiger partial charge in [0.15, 0.2) is 11.5 Å². The summed E-state index contributed by atoms with van der Waals surface area (Å²) < 4.78 is 39.2. The summed E-state index contributed by atoms with van der Waals surface area (Å²) in [6.45, 7) is 9.40. The summed E-state index contributed by atoms with van der Waals surface area (Å²) in [5, 5.41) is 4.64. The minimum Gasteiger partial charge on any atom is -0.339 e. The highest BCUT2D eigenvalue weighted by atomic mass is 19.4. The minimum absolute atomic E-state index is 0.0580. The normalized spacial score (nSPS) is 16.8. The van der Waals surface area contributed by atoms with Crippen LogP contribution >= 0.6 is 0 Å². The van der Waals surface area contributed by atoms with Crippen LogP contribution in [0.3, 0.4) is 0 Å². The Hall–Kier alpha value is -3.73. The van der Waals surface area contributed by atoms with E-state index in [9.17, 15) is 22.8 Å². The van der Waals surface area contributed by atoms with Gasteiger partial charge in [0.05, 0.1) is 6.42 Å². The van der Waals surface area contributed by atoms with Crippen LogP contribution in [-0.2, 0) is 11.2 Å². The van der Waals surface area contributed by atoms with Crippen LogP contribution in [0.2, 0.25) is 0 Å². The van der Waals surface area contributed by atoms with Crippen LogP contribution in [0.15, 0.2) is 48.7 Å². The van der Waals surface area contributed by atoms with Crippen molar-refractivity contribution < 1.29 is 22.8 Å². The Morgan fingerprint density at radius 3 is 2.36 bits per heavy atom. The van der Waals surface area contributed by atoms with E-state index in [0.717, 1.165) is 49.4 Å². The molecule has 1 saturated heterocycles. The first-order valence-electron chi connectivity index (χ1n) is 14.5. The van der Waals surface area contributed by atoms with Gasteiger partial charge in [-0.05, 0) is 47.7 Å². The van der Waals surface area contributed by atoms with E-state index in [0.29, 0.717) is 42.3 Å². The van der Waals surface area contributed by atoms with Gasteiger partial charge in [0, 0.05) is 76.0 Å². The third-order valence-electron chi connectivity index (χ3n) is 7.78. The van der Waals surface area contributed by atoms with Gasteiger partial charge < -0.3 is 9.80 Å². The Morgan fingerprint density at radius 1 is 0.976 bits per heavy atom. The van der Waals surface area contributed by atoms with Gasteiger partial charge in [-0.3, -0.25) is 14.5 Å². The second-order valence-electron chi connectivity index (χ2n) is 11.5. The number of nitrogens with zero attached hydrogens (tertiary/aromatic N) is 6. The second-order valence-corrected chi connectivity index (χ2v) is 11.5. The van der Waals surface area contributed by atoms with Crippen LogP contribution in [-0.4, -0.2) is 93.1 Å². The van der Waals surface area contributed by atoms with E-state index in [1.165, 1.54) is 4.90 Å². The van der Waals surface area contributed by atoms with E-state index in [4.69, 9.17) is 4.98 Å². The zero-order valence-corrected chi connectivity index (χ0v) is 24.1. The summed E-state index contributed by atoms with van der Waals surface area (Å²) >= 11 is 0. The van der Waals surface area contributed by atoms with Crippen molar-refractivity contribution >= 4 is 23.0 Å². The van der Waals surface area contributed by atoms with Crippen molar-refractivity contribution in [2.75, 3.05) is 45.8 Å². The molecule has 8 nitrogen and oxygen atoms in total. The molecule has 5 rings (SSSR count). The first-order chi connectivity index (χ1) is 20.1. The minimum atomic E-state index is -4.34. The molecule has 0 atom stereocenters. The van der Waals surface area contributed by atoms with Gasteiger partial charge in [-0.1, -0.05) is 32.1 Å². The highest BCUT2D eigenvalue weighted by Crippen LogP contribution is 2.27. The summed E-state index contributed by atoms with van der Waals surface area (Å²) in [6.07, 6.45) is -1.22. The number of rotatable bonds is 8. The van der Waals surface area contributed by atoms with Crippen LogP contribution in [0, 0.1) is 5.92 Å². The van der Waals surface area contributed by atoms with Crippen molar-refractivity contribution in [2.45, 2.75) is 45.7 Å². The highest BCUT2D eigenvalue weighted by Gasteiger charge is 2.30. The van der Waals surface area contributed by atoms with Crippen molar-refractivity contribution in [3.05, 3.63) is 71.2 Å². The maximum absolute atomic E-state index is 13.0. The fraction of sp³-hybridized carbons (Fsp3) is 0.484. The molecular formula is C31H37F3N6O2.